The molecule has 8 nitrogen and oxygen atoms in total. The number of nitrogens with one attached hydrogen (secondary N) is 1. The van der Waals surface area contributed by atoms with Crippen molar-refractivity contribution in [3.05, 3.63) is 64.0 Å². The third-order valence-corrected chi connectivity index (χ3v) is 4.61. The Bertz CT molecular complexity index is 945. The van der Waals surface area contributed by atoms with Crippen LogP contribution < -0.4 is 9.62 Å². The van der Waals surface area contributed by atoms with E-state index in [9.17, 15) is 27.7 Å². The first-order valence-electron chi connectivity index (χ1n) is 7.36. The molecule has 1 amide bonds. The number of nitro benzene ring substituents is 1. The molecule has 0 aliphatic rings. The van der Waals surface area contributed by atoms with E-state index in [1.165, 1.54) is 24.3 Å². The Kier molecular flexibility index (Phi) is 5.56. The van der Waals surface area contributed by atoms with Crippen molar-refractivity contribution in [1.29, 1.82) is 0 Å². The Morgan fingerprint density at radius 2 is 1.85 bits per heavy atom. The maximum Gasteiger partial charge on any atom is 0.271 e. The van der Waals surface area contributed by atoms with Crippen molar-refractivity contribution in [2.45, 2.75) is 6.92 Å². The minimum atomic E-state index is -3.89. The second kappa shape index (κ2) is 7.48. The molecule has 10 heteroatoms. The van der Waals surface area contributed by atoms with Gasteiger partial charge < -0.3 is 5.32 Å². The predicted molar refractivity (Wildman–Crippen MR) is 95.1 cm³/mol. The largest absolute Gasteiger partial charge is 0.325 e. The number of halogens is 1. The SMILES string of the molecule is Cc1ccc([N+](=O)[O-])cc1N(CC(=O)Nc1ccc(F)cc1)S(C)(=O)=O. The lowest BCUT2D eigenvalue weighted by Crippen LogP contribution is -2.37. The van der Waals surface area contributed by atoms with Crippen LogP contribution in [0.4, 0.5) is 21.5 Å². The van der Waals surface area contributed by atoms with Gasteiger partial charge in [0.05, 0.1) is 16.9 Å². The Morgan fingerprint density at radius 1 is 1.23 bits per heavy atom. The summed E-state index contributed by atoms with van der Waals surface area (Å²) < 4.78 is 37.9. The Balaban J connectivity index is 2.31. The zero-order chi connectivity index (χ0) is 19.5. The first kappa shape index (κ1) is 19.3. The molecule has 0 spiro atoms. The number of carbonyl (C=O) groups is 1. The van der Waals surface area contributed by atoms with Gasteiger partial charge in [-0.05, 0) is 36.8 Å². The van der Waals surface area contributed by atoms with E-state index in [0.717, 1.165) is 28.8 Å². The van der Waals surface area contributed by atoms with Gasteiger partial charge in [-0.15, -0.1) is 0 Å². The van der Waals surface area contributed by atoms with Gasteiger partial charge >= 0.3 is 0 Å². The van der Waals surface area contributed by atoms with Gasteiger partial charge in [0.2, 0.25) is 15.9 Å². The summed E-state index contributed by atoms with van der Waals surface area (Å²) in [5, 5.41) is 13.4. The topological polar surface area (TPSA) is 110 Å². The van der Waals surface area contributed by atoms with Gasteiger partial charge in [-0.25, -0.2) is 12.8 Å². The molecule has 0 aromatic heterocycles. The van der Waals surface area contributed by atoms with Crippen LogP contribution >= 0.6 is 0 Å². The standard InChI is InChI=1S/C16H16FN3O5S/c1-11-3-8-14(20(22)23)9-15(11)19(26(2,24)25)10-16(21)18-13-6-4-12(17)5-7-13/h3-9H,10H2,1-2H3,(H,18,21). The molecule has 2 rings (SSSR count). The smallest absolute Gasteiger partial charge is 0.271 e. The van der Waals surface area contributed by atoms with E-state index in [0.29, 0.717) is 11.3 Å². The van der Waals surface area contributed by atoms with E-state index in [4.69, 9.17) is 0 Å². The van der Waals surface area contributed by atoms with E-state index >= 15 is 0 Å². The van der Waals surface area contributed by atoms with Crippen LogP contribution in [0, 0.1) is 22.9 Å². The van der Waals surface area contributed by atoms with E-state index in [1.54, 1.807) is 6.92 Å². The summed E-state index contributed by atoms with van der Waals surface area (Å²) in [7, 11) is -3.89. The fourth-order valence-corrected chi connectivity index (χ4v) is 3.13. The lowest BCUT2D eigenvalue weighted by atomic mass is 10.2. The van der Waals surface area contributed by atoms with Crippen molar-refractivity contribution >= 4 is 33.0 Å². The molecule has 0 atom stereocenters. The van der Waals surface area contributed by atoms with Crippen molar-refractivity contribution in [2.75, 3.05) is 22.4 Å². The third kappa shape index (κ3) is 4.76. The molecule has 2 aromatic carbocycles. The zero-order valence-electron chi connectivity index (χ0n) is 14.0. The second-order valence-electron chi connectivity index (χ2n) is 5.55. The zero-order valence-corrected chi connectivity index (χ0v) is 14.8. The van der Waals surface area contributed by atoms with Gasteiger partial charge in [0, 0.05) is 17.8 Å². The van der Waals surface area contributed by atoms with Crippen molar-refractivity contribution in [1.82, 2.24) is 0 Å². The van der Waals surface area contributed by atoms with Gasteiger partial charge in [-0.1, -0.05) is 6.07 Å². The molecule has 0 unspecified atom stereocenters. The maximum atomic E-state index is 12.9. The number of aryl methyl sites for hydroxylation is 1. The number of anilines is 2. The van der Waals surface area contributed by atoms with Gasteiger partial charge in [0.25, 0.3) is 5.69 Å². The summed E-state index contributed by atoms with van der Waals surface area (Å²) in [4.78, 5) is 22.5. The van der Waals surface area contributed by atoms with Crippen LogP contribution in [0.1, 0.15) is 5.56 Å². The fraction of sp³-hybridized carbons (Fsp3) is 0.188. The monoisotopic (exact) mass is 381 g/mol. The van der Waals surface area contributed by atoms with Crippen molar-refractivity contribution in [3.63, 3.8) is 0 Å². The number of hydrogen-bond donors (Lipinski definition) is 1. The van der Waals surface area contributed by atoms with E-state index < -0.39 is 33.2 Å². The molecule has 1 N–H and O–H groups in total. The molecule has 26 heavy (non-hydrogen) atoms. The number of amides is 1. The molecule has 0 bridgehead atoms. The summed E-state index contributed by atoms with van der Waals surface area (Å²) in [5.74, 6) is -1.15. The van der Waals surface area contributed by atoms with Crippen LogP contribution in [-0.2, 0) is 14.8 Å². The first-order chi connectivity index (χ1) is 12.1. The number of hydrogen-bond acceptors (Lipinski definition) is 5. The van der Waals surface area contributed by atoms with E-state index in [-0.39, 0.29) is 11.4 Å². The second-order valence-corrected chi connectivity index (χ2v) is 7.46. The highest BCUT2D eigenvalue weighted by atomic mass is 32.2. The van der Waals surface area contributed by atoms with Crippen LogP contribution in [0.2, 0.25) is 0 Å². The average molecular weight is 381 g/mol. The molecule has 0 heterocycles. The van der Waals surface area contributed by atoms with Gasteiger partial charge in [0.1, 0.15) is 12.4 Å². The minimum Gasteiger partial charge on any atom is -0.325 e. The van der Waals surface area contributed by atoms with Crippen LogP contribution in [0.3, 0.4) is 0 Å². The van der Waals surface area contributed by atoms with Crippen molar-refractivity contribution in [2.24, 2.45) is 0 Å². The third-order valence-electron chi connectivity index (χ3n) is 3.49. The van der Waals surface area contributed by atoms with Gasteiger partial charge in [-0.2, -0.15) is 0 Å². The predicted octanol–water partition coefficient (Wildman–Crippen LogP) is 2.45. The first-order valence-corrected chi connectivity index (χ1v) is 9.21. The van der Waals surface area contributed by atoms with Crippen LogP contribution in [-0.4, -0.2) is 32.0 Å². The quantitative estimate of drug-likeness (QED) is 0.610. The summed E-state index contributed by atoms with van der Waals surface area (Å²) in [6.45, 7) is 0.993. The lowest BCUT2D eigenvalue weighted by molar-refractivity contribution is -0.384. The number of nitrogens with zero attached hydrogens (tertiary/aromatic N) is 2. The number of nitro groups is 1. The molecule has 0 saturated carbocycles. The molecule has 0 radical (unpaired) electrons. The van der Waals surface area contributed by atoms with Crippen LogP contribution in [0.15, 0.2) is 42.5 Å². The Hall–Kier alpha value is -3.01. The summed E-state index contributed by atoms with van der Waals surface area (Å²) in [5.41, 5.74) is 0.491. The number of non-ortho nitro benzene ring substituents is 1. The molecular weight excluding hydrogens is 365 g/mol. The summed E-state index contributed by atoms with van der Waals surface area (Å²) in [6, 6.07) is 8.71. The number of rotatable bonds is 6. The highest BCUT2D eigenvalue weighted by molar-refractivity contribution is 7.92. The van der Waals surface area contributed by atoms with E-state index in [2.05, 4.69) is 5.32 Å². The van der Waals surface area contributed by atoms with Gasteiger partial charge in [-0.3, -0.25) is 19.2 Å². The Morgan fingerprint density at radius 3 is 2.38 bits per heavy atom. The van der Waals surface area contributed by atoms with E-state index in [1.807, 2.05) is 0 Å². The van der Waals surface area contributed by atoms with Crippen LogP contribution in [0.5, 0.6) is 0 Å². The molecule has 0 aliphatic heterocycles. The fourth-order valence-electron chi connectivity index (χ4n) is 2.23. The number of sulfonamides is 1. The highest BCUT2D eigenvalue weighted by Crippen LogP contribution is 2.27. The minimum absolute atomic E-state index is 0.0379. The Labute approximate surface area is 149 Å². The molecule has 0 aliphatic carbocycles. The number of carbonyl (C=O) groups excluding carboxylic acids is 1. The van der Waals surface area contributed by atoms with Crippen molar-refractivity contribution < 1.29 is 22.5 Å². The molecule has 2 aromatic rings. The van der Waals surface area contributed by atoms with Crippen LogP contribution in [0.25, 0.3) is 0 Å². The lowest BCUT2D eigenvalue weighted by Gasteiger charge is -2.23. The molecular formula is C16H16FN3O5S. The summed E-state index contributed by atoms with van der Waals surface area (Å²) in [6.07, 6.45) is 0.899. The normalized spacial score (nSPS) is 11.0. The van der Waals surface area contributed by atoms with Gasteiger partial charge in [0.15, 0.2) is 0 Å². The summed E-state index contributed by atoms with van der Waals surface area (Å²) >= 11 is 0. The maximum absolute atomic E-state index is 12.9. The van der Waals surface area contributed by atoms with Crippen molar-refractivity contribution in [3.8, 4) is 0 Å². The molecule has 0 fully saturated rings. The molecule has 0 saturated heterocycles. The number of benzene rings is 2. The average Bonchev–Trinajstić information content (AvgIpc) is 2.54. The molecule has 138 valence electrons. The highest BCUT2D eigenvalue weighted by Gasteiger charge is 2.24.